The summed E-state index contributed by atoms with van der Waals surface area (Å²) in [4.78, 5) is 16.2. The van der Waals surface area contributed by atoms with Gasteiger partial charge in [0.15, 0.2) is 10.9 Å². The van der Waals surface area contributed by atoms with Crippen molar-refractivity contribution in [3.63, 3.8) is 0 Å². The van der Waals surface area contributed by atoms with Crippen molar-refractivity contribution in [2.45, 2.75) is 13.3 Å². The molecule has 0 atom stereocenters. The lowest BCUT2D eigenvalue weighted by Gasteiger charge is -1.96. The predicted molar refractivity (Wildman–Crippen MR) is 75.7 cm³/mol. The number of carbonyl (C=O) groups is 1. The van der Waals surface area contributed by atoms with Crippen LogP contribution in [0.5, 0.6) is 0 Å². The number of aromatic nitrogens is 1. The molecule has 0 aliphatic heterocycles. The summed E-state index contributed by atoms with van der Waals surface area (Å²) in [7, 11) is 0. The van der Waals surface area contributed by atoms with E-state index in [0.717, 1.165) is 16.6 Å². The number of furan rings is 1. The number of nitrogens with zero attached hydrogens (tertiary/aromatic N) is 1. The molecule has 0 spiro atoms. The van der Waals surface area contributed by atoms with Gasteiger partial charge < -0.3 is 4.42 Å². The minimum Gasteiger partial charge on any atom is -0.459 e. The van der Waals surface area contributed by atoms with E-state index in [1.807, 2.05) is 6.07 Å². The van der Waals surface area contributed by atoms with Crippen LogP contribution in [-0.2, 0) is 6.42 Å². The first-order valence-electron chi connectivity index (χ1n) is 6.00. The summed E-state index contributed by atoms with van der Waals surface area (Å²) < 4.78 is 6.12. The number of thiazole rings is 1. The molecular weight excluding hydrogens is 260 g/mol. The van der Waals surface area contributed by atoms with Gasteiger partial charge in [-0.2, -0.15) is 0 Å². The number of nitrogens with one attached hydrogen (secondary N) is 1. The Balaban J connectivity index is 1.87. The number of rotatable bonds is 3. The van der Waals surface area contributed by atoms with E-state index in [4.69, 9.17) is 4.42 Å². The highest BCUT2D eigenvalue weighted by molar-refractivity contribution is 7.22. The molecular formula is C14H12N2O2S. The Morgan fingerprint density at radius 2 is 2.32 bits per heavy atom. The smallest absolute Gasteiger partial charge is 0.293 e. The molecule has 0 radical (unpaired) electrons. The SMILES string of the molecule is CCc1ccc2nc(NC(=O)c3ccco3)sc2c1. The number of anilines is 1. The van der Waals surface area contributed by atoms with Gasteiger partial charge in [-0.15, -0.1) is 0 Å². The first-order valence-corrected chi connectivity index (χ1v) is 6.82. The van der Waals surface area contributed by atoms with Gasteiger partial charge in [-0.25, -0.2) is 4.98 Å². The van der Waals surface area contributed by atoms with E-state index >= 15 is 0 Å². The van der Waals surface area contributed by atoms with Crippen molar-refractivity contribution >= 4 is 32.6 Å². The fourth-order valence-corrected chi connectivity index (χ4v) is 2.73. The molecule has 19 heavy (non-hydrogen) atoms. The largest absolute Gasteiger partial charge is 0.459 e. The van der Waals surface area contributed by atoms with Crippen molar-refractivity contribution in [1.82, 2.24) is 4.98 Å². The lowest BCUT2D eigenvalue weighted by molar-refractivity contribution is 0.0996. The fourth-order valence-electron chi connectivity index (χ4n) is 1.81. The van der Waals surface area contributed by atoms with Crippen LogP contribution in [0, 0.1) is 0 Å². The molecule has 4 nitrogen and oxygen atoms in total. The van der Waals surface area contributed by atoms with Crippen molar-refractivity contribution in [3.05, 3.63) is 47.9 Å². The maximum Gasteiger partial charge on any atom is 0.293 e. The van der Waals surface area contributed by atoms with Crippen molar-refractivity contribution in [3.8, 4) is 0 Å². The molecule has 0 aliphatic carbocycles. The van der Waals surface area contributed by atoms with Crippen LogP contribution in [0.4, 0.5) is 5.13 Å². The Kier molecular flexibility index (Phi) is 3.05. The molecule has 1 aromatic carbocycles. The number of fused-ring (bicyclic) bond motifs is 1. The number of hydrogen-bond acceptors (Lipinski definition) is 4. The average Bonchev–Trinajstić information content (AvgIpc) is 3.06. The van der Waals surface area contributed by atoms with Gasteiger partial charge in [-0.1, -0.05) is 24.3 Å². The van der Waals surface area contributed by atoms with E-state index < -0.39 is 0 Å². The number of amides is 1. The number of hydrogen-bond donors (Lipinski definition) is 1. The number of carbonyl (C=O) groups excluding carboxylic acids is 1. The molecule has 96 valence electrons. The molecule has 5 heteroatoms. The maximum absolute atomic E-state index is 11.8. The second-order valence-electron chi connectivity index (χ2n) is 4.11. The van der Waals surface area contributed by atoms with Crippen molar-refractivity contribution in [2.24, 2.45) is 0 Å². The van der Waals surface area contributed by atoms with E-state index in [0.29, 0.717) is 5.13 Å². The Morgan fingerprint density at radius 1 is 1.42 bits per heavy atom. The van der Waals surface area contributed by atoms with Crippen molar-refractivity contribution in [2.75, 3.05) is 5.32 Å². The monoisotopic (exact) mass is 272 g/mol. The summed E-state index contributed by atoms with van der Waals surface area (Å²) >= 11 is 1.47. The summed E-state index contributed by atoms with van der Waals surface area (Å²) in [6.07, 6.45) is 2.46. The maximum atomic E-state index is 11.8. The Hall–Kier alpha value is -2.14. The molecule has 0 aliphatic rings. The van der Waals surface area contributed by atoms with E-state index in [1.165, 1.54) is 23.2 Å². The Morgan fingerprint density at radius 3 is 3.05 bits per heavy atom. The van der Waals surface area contributed by atoms with Gasteiger partial charge in [0.25, 0.3) is 5.91 Å². The summed E-state index contributed by atoms with van der Waals surface area (Å²) in [6.45, 7) is 2.11. The standard InChI is InChI=1S/C14H12N2O2S/c1-2-9-5-6-10-12(8-9)19-14(15-10)16-13(17)11-4-3-7-18-11/h3-8H,2H2,1H3,(H,15,16,17). The van der Waals surface area contributed by atoms with E-state index in [2.05, 4.69) is 29.4 Å². The molecule has 1 N–H and O–H groups in total. The molecule has 0 unspecified atom stereocenters. The zero-order valence-corrected chi connectivity index (χ0v) is 11.2. The van der Waals surface area contributed by atoms with Crippen LogP contribution in [0.3, 0.4) is 0 Å². The quantitative estimate of drug-likeness (QED) is 0.790. The first kappa shape index (κ1) is 11.9. The molecule has 3 rings (SSSR count). The van der Waals surface area contributed by atoms with Gasteiger partial charge in [-0.3, -0.25) is 10.1 Å². The van der Waals surface area contributed by atoms with Gasteiger partial charge in [0.1, 0.15) is 0 Å². The van der Waals surface area contributed by atoms with Crippen LogP contribution >= 0.6 is 11.3 Å². The lowest BCUT2D eigenvalue weighted by atomic mass is 10.2. The number of benzene rings is 1. The minimum atomic E-state index is -0.278. The molecule has 2 heterocycles. The van der Waals surface area contributed by atoms with E-state index in [-0.39, 0.29) is 11.7 Å². The van der Waals surface area contributed by atoms with Gasteiger partial charge in [0.2, 0.25) is 0 Å². The van der Waals surface area contributed by atoms with Gasteiger partial charge in [0.05, 0.1) is 16.5 Å². The molecule has 0 bridgehead atoms. The third-order valence-corrected chi connectivity index (χ3v) is 3.76. The molecule has 1 amide bonds. The Labute approximate surface area is 114 Å². The normalized spacial score (nSPS) is 10.8. The molecule has 0 saturated heterocycles. The number of aryl methyl sites for hydroxylation is 1. The summed E-state index contributed by atoms with van der Waals surface area (Å²) in [5, 5.41) is 3.33. The van der Waals surface area contributed by atoms with Gasteiger partial charge >= 0.3 is 0 Å². The molecule has 2 aromatic heterocycles. The van der Waals surface area contributed by atoms with Crippen LogP contribution in [0.15, 0.2) is 41.0 Å². The lowest BCUT2D eigenvalue weighted by Crippen LogP contribution is -2.10. The van der Waals surface area contributed by atoms with Crippen LogP contribution in [0.2, 0.25) is 0 Å². The third-order valence-electron chi connectivity index (χ3n) is 2.83. The Bertz CT molecular complexity index is 716. The highest BCUT2D eigenvalue weighted by Gasteiger charge is 2.11. The van der Waals surface area contributed by atoms with Crippen LogP contribution in [-0.4, -0.2) is 10.9 Å². The summed E-state index contributed by atoms with van der Waals surface area (Å²) in [5.41, 5.74) is 2.16. The average molecular weight is 272 g/mol. The van der Waals surface area contributed by atoms with Crippen LogP contribution in [0.1, 0.15) is 23.0 Å². The van der Waals surface area contributed by atoms with Crippen molar-refractivity contribution in [1.29, 1.82) is 0 Å². The van der Waals surface area contributed by atoms with Gasteiger partial charge in [-0.05, 0) is 36.2 Å². The first-order chi connectivity index (χ1) is 9.26. The van der Waals surface area contributed by atoms with E-state index in [9.17, 15) is 4.79 Å². The second kappa shape index (κ2) is 4.85. The summed E-state index contributed by atoms with van der Waals surface area (Å²) in [5.74, 6) is 0.00766. The predicted octanol–water partition coefficient (Wildman–Crippen LogP) is 3.70. The molecule has 0 saturated carbocycles. The highest BCUT2D eigenvalue weighted by Crippen LogP contribution is 2.27. The highest BCUT2D eigenvalue weighted by atomic mass is 32.1. The third kappa shape index (κ3) is 2.37. The van der Waals surface area contributed by atoms with E-state index in [1.54, 1.807) is 12.1 Å². The zero-order valence-electron chi connectivity index (χ0n) is 10.3. The van der Waals surface area contributed by atoms with Crippen LogP contribution in [0.25, 0.3) is 10.2 Å². The second-order valence-corrected chi connectivity index (χ2v) is 5.14. The molecule has 0 fully saturated rings. The van der Waals surface area contributed by atoms with Crippen LogP contribution < -0.4 is 5.32 Å². The minimum absolute atomic E-state index is 0.278. The molecule has 3 aromatic rings. The van der Waals surface area contributed by atoms with Crippen molar-refractivity contribution < 1.29 is 9.21 Å². The zero-order chi connectivity index (χ0) is 13.2. The fraction of sp³-hybridized carbons (Fsp3) is 0.143. The topological polar surface area (TPSA) is 55.1 Å². The summed E-state index contributed by atoms with van der Waals surface area (Å²) in [6, 6.07) is 9.45. The van der Waals surface area contributed by atoms with Gasteiger partial charge in [0, 0.05) is 0 Å².